The Kier molecular flexibility index (Phi) is 5.99. The van der Waals surface area contributed by atoms with Gasteiger partial charge in [-0.3, -0.25) is 9.48 Å². The molecule has 3 rings (SSSR count). The van der Waals surface area contributed by atoms with Crippen LogP contribution in [0.2, 0.25) is 5.15 Å². The van der Waals surface area contributed by atoms with Gasteiger partial charge in [0.2, 0.25) is 5.91 Å². The molecule has 5 nitrogen and oxygen atoms in total. The van der Waals surface area contributed by atoms with Crippen LogP contribution in [0.4, 0.5) is 0 Å². The number of hydrogen-bond acceptors (Lipinski definition) is 3. The van der Waals surface area contributed by atoms with Crippen molar-refractivity contribution in [3.8, 4) is 0 Å². The molecule has 3 atom stereocenters. The van der Waals surface area contributed by atoms with Crippen molar-refractivity contribution >= 4 is 17.5 Å². The van der Waals surface area contributed by atoms with Crippen molar-refractivity contribution in [3.05, 3.63) is 52.3 Å². The highest BCUT2D eigenvalue weighted by Crippen LogP contribution is 2.37. The molecule has 1 amide bonds. The molecule has 1 fully saturated rings. The Bertz CT molecular complexity index is 760. The van der Waals surface area contributed by atoms with Crippen LogP contribution in [0.15, 0.2) is 30.3 Å². The van der Waals surface area contributed by atoms with Crippen molar-refractivity contribution in [1.82, 2.24) is 15.1 Å². The summed E-state index contributed by atoms with van der Waals surface area (Å²) < 4.78 is 8.07. The number of carbonyl (C=O) groups excluding carboxylic acids is 1. The number of aromatic nitrogens is 2. The van der Waals surface area contributed by atoms with Crippen LogP contribution in [-0.4, -0.2) is 27.8 Å². The molecular formula is C20H26ClN3O2. The molecule has 26 heavy (non-hydrogen) atoms. The molecule has 140 valence electrons. The molecule has 0 unspecified atom stereocenters. The maximum Gasteiger partial charge on any atom is 0.217 e. The van der Waals surface area contributed by atoms with Gasteiger partial charge in [-0.2, -0.15) is 5.10 Å². The van der Waals surface area contributed by atoms with Crippen LogP contribution in [0.5, 0.6) is 0 Å². The summed E-state index contributed by atoms with van der Waals surface area (Å²) in [6, 6.07) is 10.5. The Morgan fingerprint density at radius 3 is 2.69 bits per heavy atom. The maximum absolute atomic E-state index is 11.6. The lowest BCUT2D eigenvalue weighted by atomic mass is 9.92. The zero-order chi connectivity index (χ0) is 18.7. The van der Waals surface area contributed by atoms with Crippen molar-refractivity contribution in [2.24, 2.45) is 7.05 Å². The Morgan fingerprint density at radius 1 is 1.35 bits per heavy atom. The average molecular weight is 376 g/mol. The quantitative estimate of drug-likeness (QED) is 0.866. The smallest absolute Gasteiger partial charge is 0.217 e. The summed E-state index contributed by atoms with van der Waals surface area (Å²) in [6.07, 6.45) is 3.32. The predicted molar refractivity (Wildman–Crippen MR) is 102 cm³/mol. The highest BCUT2D eigenvalue weighted by molar-refractivity contribution is 6.30. The van der Waals surface area contributed by atoms with E-state index in [2.05, 4.69) is 34.7 Å². The van der Waals surface area contributed by atoms with Gasteiger partial charge in [0.05, 0.1) is 17.9 Å². The molecule has 6 heteroatoms. The molecule has 0 radical (unpaired) electrons. The number of hydrogen-bond donors (Lipinski definition) is 1. The van der Waals surface area contributed by atoms with E-state index >= 15 is 0 Å². The number of aryl methyl sites for hydroxylation is 3. The van der Waals surface area contributed by atoms with Gasteiger partial charge in [0, 0.05) is 25.6 Å². The Hall–Kier alpha value is -1.85. The maximum atomic E-state index is 11.6. The van der Waals surface area contributed by atoms with Crippen molar-refractivity contribution in [1.29, 1.82) is 0 Å². The van der Waals surface area contributed by atoms with Gasteiger partial charge in [0.25, 0.3) is 0 Å². The second-order valence-corrected chi connectivity index (χ2v) is 7.41. The topological polar surface area (TPSA) is 56.1 Å². The number of ether oxygens (including phenoxy) is 1. The summed E-state index contributed by atoms with van der Waals surface area (Å²) in [4.78, 5) is 11.6. The van der Waals surface area contributed by atoms with E-state index in [0.29, 0.717) is 11.6 Å². The van der Waals surface area contributed by atoms with Crippen LogP contribution in [0.1, 0.15) is 49.1 Å². The monoisotopic (exact) mass is 375 g/mol. The third-order valence-electron chi connectivity index (χ3n) is 4.93. The van der Waals surface area contributed by atoms with Crippen LogP contribution in [0.3, 0.4) is 0 Å². The molecule has 0 saturated carbocycles. The normalized spacial score (nSPS) is 23.0. The van der Waals surface area contributed by atoms with E-state index in [4.69, 9.17) is 16.3 Å². The molecule has 2 heterocycles. The van der Waals surface area contributed by atoms with Gasteiger partial charge < -0.3 is 10.1 Å². The first-order valence-electron chi connectivity index (χ1n) is 9.09. The van der Waals surface area contributed by atoms with Crippen molar-refractivity contribution in [3.63, 3.8) is 0 Å². The van der Waals surface area contributed by atoms with E-state index in [0.717, 1.165) is 30.5 Å². The molecule has 1 N–H and O–H groups in total. The number of benzene rings is 1. The Morgan fingerprint density at radius 2 is 2.08 bits per heavy atom. The fraction of sp³-hybridized carbons (Fsp3) is 0.500. The first-order chi connectivity index (χ1) is 12.4. The first-order valence-corrected chi connectivity index (χ1v) is 9.47. The summed E-state index contributed by atoms with van der Waals surface area (Å²) in [5.41, 5.74) is 3.12. The molecule has 1 saturated heterocycles. The zero-order valence-corrected chi connectivity index (χ0v) is 16.3. The minimum absolute atomic E-state index is 0.00790. The lowest BCUT2D eigenvalue weighted by Crippen LogP contribution is -2.42. The van der Waals surface area contributed by atoms with Gasteiger partial charge in [0.15, 0.2) is 0 Å². The number of amides is 1. The number of nitrogens with zero attached hydrogens (tertiary/aromatic N) is 2. The van der Waals surface area contributed by atoms with Gasteiger partial charge in [0.1, 0.15) is 5.15 Å². The molecule has 0 spiro atoms. The highest BCUT2D eigenvalue weighted by atomic mass is 35.5. The van der Waals surface area contributed by atoms with E-state index in [1.807, 2.05) is 20.0 Å². The largest absolute Gasteiger partial charge is 0.370 e. The number of nitrogens with one attached hydrogen (secondary N) is 1. The summed E-state index contributed by atoms with van der Waals surface area (Å²) in [5.74, 6) is -0.00790. The van der Waals surface area contributed by atoms with E-state index in [-0.39, 0.29) is 24.2 Å². The first kappa shape index (κ1) is 18.9. The molecule has 0 bridgehead atoms. The highest BCUT2D eigenvalue weighted by Gasteiger charge is 2.34. The van der Waals surface area contributed by atoms with Crippen molar-refractivity contribution in [2.75, 3.05) is 0 Å². The molecule has 1 aliphatic heterocycles. The number of rotatable bonds is 5. The van der Waals surface area contributed by atoms with Crippen LogP contribution >= 0.6 is 11.6 Å². The summed E-state index contributed by atoms with van der Waals surface area (Å²) in [6.45, 7) is 3.51. The molecular weight excluding hydrogens is 350 g/mol. The van der Waals surface area contributed by atoms with Gasteiger partial charge in [-0.25, -0.2) is 0 Å². The van der Waals surface area contributed by atoms with Crippen molar-refractivity contribution < 1.29 is 9.53 Å². The molecule has 1 aromatic carbocycles. The summed E-state index contributed by atoms with van der Waals surface area (Å²) >= 11 is 6.45. The van der Waals surface area contributed by atoms with E-state index in [9.17, 15) is 4.79 Å². The fourth-order valence-corrected chi connectivity index (χ4v) is 4.07. The van der Waals surface area contributed by atoms with E-state index in [1.165, 1.54) is 5.56 Å². The Balaban J connectivity index is 1.75. The minimum atomic E-state index is -0.150. The lowest BCUT2D eigenvalue weighted by Gasteiger charge is -2.36. The van der Waals surface area contributed by atoms with Crippen LogP contribution in [0.25, 0.3) is 0 Å². The second-order valence-electron chi connectivity index (χ2n) is 7.05. The zero-order valence-electron chi connectivity index (χ0n) is 15.5. The SMILES string of the molecule is CC(=O)N[C@@H]1C[C@H](CCc2ccccc2)O[C@H](c2c(C)nn(C)c2Cl)C1. The predicted octanol–water partition coefficient (Wildman–Crippen LogP) is 3.74. The van der Waals surface area contributed by atoms with E-state index < -0.39 is 0 Å². The molecule has 1 aliphatic rings. The summed E-state index contributed by atoms with van der Waals surface area (Å²) in [7, 11) is 1.83. The standard InChI is InChI=1S/C20H26ClN3O2/c1-13-19(20(21)24(3)23-13)18-12-16(22-14(2)25)11-17(26-18)10-9-15-7-5-4-6-8-15/h4-8,16-18H,9-12H2,1-3H3,(H,22,25)/t16-,17+,18+/m1/s1. The number of carbonyl (C=O) groups is 1. The fourth-order valence-electron chi connectivity index (χ4n) is 3.78. The van der Waals surface area contributed by atoms with Gasteiger partial charge in [-0.15, -0.1) is 0 Å². The van der Waals surface area contributed by atoms with Crippen LogP contribution in [0, 0.1) is 6.92 Å². The molecule has 2 aromatic rings. The lowest BCUT2D eigenvalue weighted by molar-refractivity contribution is -0.122. The molecule has 1 aromatic heterocycles. The van der Waals surface area contributed by atoms with Gasteiger partial charge >= 0.3 is 0 Å². The Labute approximate surface area is 159 Å². The van der Waals surface area contributed by atoms with Gasteiger partial charge in [-0.1, -0.05) is 41.9 Å². The minimum Gasteiger partial charge on any atom is -0.370 e. The number of halogens is 1. The van der Waals surface area contributed by atoms with Crippen LogP contribution < -0.4 is 5.32 Å². The average Bonchev–Trinajstić information content (AvgIpc) is 2.85. The van der Waals surface area contributed by atoms with E-state index in [1.54, 1.807) is 11.6 Å². The third-order valence-corrected chi connectivity index (χ3v) is 5.37. The second kappa shape index (κ2) is 8.23. The van der Waals surface area contributed by atoms with Crippen molar-refractivity contribution in [2.45, 2.75) is 57.8 Å². The molecule has 0 aliphatic carbocycles. The van der Waals surface area contributed by atoms with Gasteiger partial charge in [-0.05, 0) is 38.2 Å². The third kappa shape index (κ3) is 4.46. The summed E-state index contributed by atoms with van der Waals surface area (Å²) in [5, 5.41) is 8.08. The van der Waals surface area contributed by atoms with Crippen LogP contribution in [-0.2, 0) is 23.0 Å².